The second-order valence-electron chi connectivity index (χ2n) is 5.10. The first-order chi connectivity index (χ1) is 12.5. The molecule has 0 aliphatic rings. The van der Waals surface area contributed by atoms with Crippen molar-refractivity contribution in [1.82, 2.24) is 0 Å². The van der Waals surface area contributed by atoms with Gasteiger partial charge < -0.3 is 14.8 Å². The number of halogens is 1. The van der Waals surface area contributed by atoms with Crippen LogP contribution >= 0.6 is 23.4 Å². The molecule has 0 atom stereocenters. The predicted octanol–water partition coefficient (Wildman–Crippen LogP) is 3.78. The van der Waals surface area contributed by atoms with E-state index in [0.717, 1.165) is 22.2 Å². The van der Waals surface area contributed by atoms with Crippen molar-refractivity contribution in [3.63, 3.8) is 0 Å². The molecular formula is C18H15ClN2O4S. The highest BCUT2D eigenvalue weighted by atomic mass is 35.5. The van der Waals surface area contributed by atoms with Crippen LogP contribution < -0.4 is 10.1 Å². The van der Waals surface area contributed by atoms with Crippen LogP contribution in [-0.4, -0.2) is 25.1 Å². The average molecular weight is 391 g/mol. The van der Waals surface area contributed by atoms with Crippen molar-refractivity contribution in [1.29, 1.82) is 5.26 Å². The van der Waals surface area contributed by atoms with E-state index in [0.29, 0.717) is 16.5 Å². The highest BCUT2D eigenvalue weighted by Gasteiger charge is 2.11. The summed E-state index contributed by atoms with van der Waals surface area (Å²) in [5.74, 6) is -0.793. The summed E-state index contributed by atoms with van der Waals surface area (Å²) in [7, 11) is 0. The minimum atomic E-state index is -0.683. The summed E-state index contributed by atoms with van der Waals surface area (Å²) in [5.41, 5.74) is 1.38. The molecule has 6 nitrogen and oxygen atoms in total. The Kier molecular flexibility index (Phi) is 7.33. The van der Waals surface area contributed by atoms with E-state index in [2.05, 4.69) is 5.32 Å². The van der Waals surface area contributed by atoms with Crippen molar-refractivity contribution < 1.29 is 19.1 Å². The maximum Gasteiger partial charge on any atom is 0.344 e. The molecule has 8 heteroatoms. The summed E-state index contributed by atoms with van der Waals surface area (Å²) in [6, 6.07) is 11.9. The van der Waals surface area contributed by atoms with Crippen LogP contribution in [0.2, 0.25) is 5.02 Å². The summed E-state index contributed by atoms with van der Waals surface area (Å²) < 4.78 is 10.1. The number of nitrogens with one attached hydrogen (secondary N) is 1. The molecule has 0 saturated heterocycles. The number of nitrogens with zero attached hydrogens (tertiary/aromatic N) is 1. The highest BCUT2D eigenvalue weighted by Crippen LogP contribution is 2.24. The van der Waals surface area contributed by atoms with E-state index in [1.54, 1.807) is 49.4 Å². The molecule has 0 unspecified atom stereocenters. The van der Waals surface area contributed by atoms with Crippen LogP contribution in [0.3, 0.4) is 0 Å². The van der Waals surface area contributed by atoms with Gasteiger partial charge in [0.15, 0.2) is 13.2 Å². The molecule has 0 aliphatic heterocycles. The fourth-order valence-electron chi connectivity index (χ4n) is 1.97. The number of hydrogen-bond acceptors (Lipinski definition) is 6. The molecule has 134 valence electrons. The number of carbonyl (C=O) groups is 2. The van der Waals surface area contributed by atoms with Crippen molar-refractivity contribution in [2.75, 3.05) is 18.5 Å². The third kappa shape index (κ3) is 5.99. The molecule has 0 aliphatic carbocycles. The van der Waals surface area contributed by atoms with Crippen LogP contribution in [0.5, 0.6) is 5.75 Å². The van der Waals surface area contributed by atoms with Crippen LogP contribution in [0.25, 0.3) is 0 Å². The predicted molar refractivity (Wildman–Crippen MR) is 99.2 cm³/mol. The number of rotatable bonds is 7. The zero-order chi connectivity index (χ0) is 18.9. The molecule has 0 fully saturated rings. The van der Waals surface area contributed by atoms with Crippen molar-refractivity contribution in [3.05, 3.63) is 53.1 Å². The van der Waals surface area contributed by atoms with Crippen LogP contribution in [0.4, 0.5) is 5.69 Å². The number of thiocyanates is 1. The van der Waals surface area contributed by atoms with Gasteiger partial charge in [-0.25, -0.2) is 4.79 Å². The van der Waals surface area contributed by atoms with Crippen LogP contribution in [-0.2, 0) is 14.3 Å². The van der Waals surface area contributed by atoms with Gasteiger partial charge in [0.2, 0.25) is 0 Å². The molecule has 0 aromatic heterocycles. The first kappa shape index (κ1) is 19.6. The van der Waals surface area contributed by atoms with Crippen molar-refractivity contribution in [3.8, 4) is 11.2 Å². The number of aryl methyl sites for hydroxylation is 1. The van der Waals surface area contributed by atoms with Crippen LogP contribution in [0.15, 0.2) is 47.4 Å². The number of para-hydroxylation sites is 1. The number of anilines is 1. The van der Waals surface area contributed by atoms with E-state index in [-0.39, 0.29) is 6.61 Å². The van der Waals surface area contributed by atoms with Gasteiger partial charge in [0.25, 0.3) is 5.91 Å². The van der Waals surface area contributed by atoms with Crippen LogP contribution in [0.1, 0.15) is 5.56 Å². The van der Waals surface area contributed by atoms with E-state index in [1.807, 2.05) is 5.40 Å². The Morgan fingerprint density at radius 2 is 2.00 bits per heavy atom. The number of nitriles is 1. The molecule has 2 rings (SSSR count). The van der Waals surface area contributed by atoms with E-state index >= 15 is 0 Å². The Morgan fingerprint density at radius 3 is 2.69 bits per heavy atom. The Bertz CT molecular complexity index is 851. The topological polar surface area (TPSA) is 88.4 Å². The zero-order valence-electron chi connectivity index (χ0n) is 13.8. The van der Waals surface area contributed by atoms with Gasteiger partial charge in [-0.3, -0.25) is 4.79 Å². The fraction of sp³-hybridized carbons (Fsp3) is 0.167. The molecule has 2 aromatic rings. The molecular weight excluding hydrogens is 376 g/mol. The van der Waals surface area contributed by atoms with Gasteiger partial charge in [-0.2, -0.15) is 5.26 Å². The molecule has 1 amide bonds. The first-order valence-corrected chi connectivity index (χ1v) is 8.68. The molecule has 0 radical (unpaired) electrons. The molecule has 0 bridgehead atoms. The lowest BCUT2D eigenvalue weighted by Crippen LogP contribution is -2.24. The third-order valence-corrected chi connectivity index (χ3v) is 4.08. The van der Waals surface area contributed by atoms with Gasteiger partial charge in [0, 0.05) is 10.6 Å². The molecule has 0 saturated carbocycles. The van der Waals surface area contributed by atoms with Gasteiger partial charge >= 0.3 is 5.97 Å². The summed E-state index contributed by atoms with van der Waals surface area (Å²) >= 11 is 6.95. The largest absolute Gasteiger partial charge is 0.480 e. The number of carbonyl (C=O) groups excluding carboxylic acids is 2. The van der Waals surface area contributed by atoms with Gasteiger partial charge in [0.1, 0.15) is 11.2 Å². The number of benzene rings is 2. The number of amides is 1. The highest BCUT2D eigenvalue weighted by molar-refractivity contribution is 8.03. The quantitative estimate of drug-likeness (QED) is 0.439. The molecule has 1 N–H and O–H groups in total. The Labute approximate surface area is 160 Å². The van der Waals surface area contributed by atoms with Crippen molar-refractivity contribution in [2.24, 2.45) is 0 Å². The smallest absolute Gasteiger partial charge is 0.344 e. The van der Waals surface area contributed by atoms with E-state index in [4.69, 9.17) is 26.3 Å². The average Bonchev–Trinajstić information content (AvgIpc) is 2.62. The SMILES string of the molecule is Cc1cc(SC#N)ccc1NC(=O)COC(=O)COc1ccccc1Cl. The number of thioether (sulfide) groups is 1. The second-order valence-corrected chi connectivity index (χ2v) is 6.36. The Morgan fingerprint density at radius 1 is 1.23 bits per heavy atom. The van der Waals surface area contributed by atoms with Crippen molar-refractivity contribution >= 4 is 40.9 Å². The minimum Gasteiger partial charge on any atom is -0.480 e. The summed E-state index contributed by atoms with van der Waals surface area (Å²) in [4.78, 5) is 24.3. The first-order valence-electron chi connectivity index (χ1n) is 7.49. The van der Waals surface area contributed by atoms with Gasteiger partial charge in [0.05, 0.1) is 5.02 Å². The number of esters is 1. The lowest BCUT2D eigenvalue weighted by atomic mass is 10.2. The maximum absolute atomic E-state index is 11.9. The summed E-state index contributed by atoms with van der Waals surface area (Å²) in [6.07, 6.45) is 0. The zero-order valence-corrected chi connectivity index (χ0v) is 15.4. The van der Waals surface area contributed by atoms with Gasteiger partial charge in [-0.05, 0) is 54.6 Å². The monoisotopic (exact) mass is 390 g/mol. The van der Waals surface area contributed by atoms with Gasteiger partial charge in [-0.15, -0.1) is 0 Å². The molecule has 0 heterocycles. The Balaban J connectivity index is 1.79. The molecule has 26 heavy (non-hydrogen) atoms. The fourth-order valence-corrected chi connectivity index (χ4v) is 2.63. The lowest BCUT2D eigenvalue weighted by Gasteiger charge is -2.10. The third-order valence-electron chi connectivity index (χ3n) is 3.18. The minimum absolute atomic E-state index is 0.351. The molecule has 0 spiro atoms. The van der Waals surface area contributed by atoms with Gasteiger partial charge in [-0.1, -0.05) is 23.7 Å². The molecule has 2 aromatic carbocycles. The Hall–Kier alpha value is -2.69. The second kappa shape index (κ2) is 9.70. The maximum atomic E-state index is 11.9. The van der Waals surface area contributed by atoms with Crippen LogP contribution in [0, 0.1) is 17.6 Å². The number of ether oxygens (including phenoxy) is 2. The van der Waals surface area contributed by atoms with E-state index in [9.17, 15) is 9.59 Å². The standard InChI is InChI=1S/C18H15ClN2O4S/c1-12-8-13(26-11-20)6-7-15(12)21-17(22)9-25-18(23)10-24-16-5-3-2-4-14(16)19/h2-8H,9-10H2,1H3,(H,21,22). The summed E-state index contributed by atoms with van der Waals surface area (Å²) in [6.45, 7) is 1.02. The van der Waals surface area contributed by atoms with E-state index in [1.165, 1.54) is 0 Å². The van der Waals surface area contributed by atoms with Crippen molar-refractivity contribution in [2.45, 2.75) is 11.8 Å². The normalized spacial score (nSPS) is 9.88. The van der Waals surface area contributed by atoms with E-state index < -0.39 is 18.5 Å². The lowest BCUT2D eigenvalue weighted by molar-refractivity contribution is -0.149. The number of hydrogen-bond donors (Lipinski definition) is 1. The summed E-state index contributed by atoms with van der Waals surface area (Å²) in [5, 5.41) is 13.7.